The lowest BCUT2D eigenvalue weighted by Crippen LogP contribution is -2.53. The zero-order chi connectivity index (χ0) is 27.6. The van der Waals surface area contributed by atoms with Crippen molar-refractivity contribution in [1.82, 2.24) is 10.8 Å². The Balaban J connectivity index is 2.16. The number of aliphatic hydroxyl groups is 1. The average Bonchev–Trinajstić information content (AvgIpc) is 3.40. The minimum absolute atomic E-state index is 0.128. The number of hydrogen-bond acceptors (Lipinski definition) is 8. The minimum atomic E-state index is -1.81. The molecular formula is C26H35N4O6S-. The summed E-state index contributed by atoms with van der Waals surface area (Å²) in [6, 6.07) is 9.82. The zero-order valence-electron chi connectivity index (χ0n) is 21.5. The van der Waals surface area contributed by atoms with Crippen LogP contribution in [0.4, 0.5) is 0 Å². The van der Waals surface area contributed by atoms with Crippen LogP contribution in [-0.2, 0) is 16.0 Å². The summed E-state index contributed by atoms with van der Waals surface area (Å²) < 4.78 is 5.43. The molecule has 11 heteroatoms. The van der Waals surface area contributed by atoms with Crippen molar-refractivity contribution in [2.75, 3.05) is 6.61 Å². The Labute approximate surface area is 220 Å². The third kappa shape index (κ3) is 8.96. The van der Waals surface area contributed by atoms with Crippen molar-refractivity contribution < 1.29 is 29.7 Å². The predicted molar refractivity (Wildman–Crippen MR) is 140 cm³/mol. The fraction of sp³-hybridized carbons (Fsp3) is 0.462. The van der Waals surface area contributed by atoms with E-state index in [4.69, 9.17) is 15.4 Å². The first kappa shape index (κ1) is 29.9. The van der Waals surface area contributed by atoms with Crippen LogP contribution in [0.1, 0.15) is 51.0 Å². The van der Waals surface area contributed by atoms with Gasteiger partial charge < -0.3 is 20.3 Å². The fourth-order valence-corrected chi connectivity index (χ4v) is 4.31. The highest BCUT2D eigenvalue weighted by molar-refractivity contribution is 7.12. The number of amides is 2. The largest absolute Gasteiger partial charge is 0.858 e. The van der Waals surface area contributed by atoms with E-state index in [-0.39, 0.29) is 12.3 Å². The number of hydroxylamine groups is 1. The van der Waals surface area contributed by atoms with Crippen molar-refractivity contribution >= 4 is 34.9 Å². The van der Waals surface area contributed by atoms with Gasteiger partial charge in [0.25, 0.3) is 5.91 Å². The third-order valence-corrected chi connectivity index (χ3v) is 6.55. The van der Waals surface area contributed by atoms with Gasteiger partial charge in [0.1, 0.15) is 17.7 Å². The van der Waals surface area contributed by atoms with E-state index in [1.54, 1.807) is 38.3 Å². The number of amidine groups is 1. The van der Waals surface area contributed by atoms with E-state index < -0.39 is 41.2 Å². The number of benzene rings is 1. The molecule has 1 aromatic carbocycles. The van der Waals surface area contributed by atoms with E-state index in [1.807, 2.05) is 31.2 Å². The molecule has 1 aromatic heterocycles. The number of carbonyl (C=O) groups is 2. The van der Waals surface area contributed by atoms with Gasteiger partial charge in [-0.3, -0.25) is 20.2 Å². The molecule has 37 heavy (non-hydrogen) atoms. The van der Waals surface area contributed by atoms with Crippen molar-refractivity contribution in [2.45, 2.75) is 59.1 Å². The first-order valence-corrected chi connectivity index (χ1v) is 12.9. The highest BCUT2D eigenvalue weighted by Gasteiger charge is 2.36. The van der Waals surface area contributed by atoms with Gasteiger partial charge in [0.05, 0.1) is 18.6 Å². The van der Waals surface area contributed by atoms with Crippen LogP contribution in [-0.4, -0.2) is 52.6 Å². The molecule has 0 radical (unpaired) electrons. The first-order chi connectivity index (χ1) is 17.5. The maximum atomic E-state index is 13.3. The molecule has 3 atom stereocenters. The van der Waals surface area contributed by atoms with Gasteiger partial charge in [-0.15, -0.1) is 11.3 Å². The summed E-state index contributed by atoms with van der Waals surface area (Å²) >= 11 is 1.20. The number of rotatable bonds is 12. The lowest BCUT2D eigenvalue weighted by molar-refractivity contribution is -0.212. The Hall–Kier alpha value is -3.28. The van der Waals surface area contributed by atoms with Gasteiger partial charge in [0.15, 0.2) is 0 Å². The van der Waals surface area contributed by atoms with E-state index in [1.165, 1.54) is 16.8 Å². The molecule has 0 fully saturated rings. The van der Waals surface area contributed by atoms with Gasteiger partial charge in [0, 0.05) is 10.8 Å². The fourth-order valence-electron chi connectivity index (χ4n) is 3.70. The first-order valence-electron chi connectivity index (χ1n) is 12.0. The smallest absolute Gasteiger partial charge is 0.272 e. The van der Waals surface area contributed by atoms with Crippen LogP contribution in [0.5, 0.6) is 5.75 Å². The van der Waals surface area contributed by atoms with Crippen molar-refractivity contribution in [1.29, 1.82) is 5.41 Å². The van der Waals surface area contributed by atoms with Crippen molar-refractivity contribution in [2.24, 2.45) is 16.3 Å². The molecular weight excluding hydrogens is 496 g/mol. The molecule has 0 aliphatic carbocycles. The quantitative estimate of drug-likeness (QED) is 0.122. The van der Waals surface area contributed by atoms with Crippen LogP contribution >= 0.6 is 11.3 Å². The van der Waals surface area contributed by atoms with Gasteiger partial charge in [-0.1, -0.05) is 39.0 Å². The monoisotopic (exact) mass is 531 g/mol. The lowest BCUT2D eigenvalue weighted by Gasteiger charge is -2.33. The molecule has 10 nitrogen and oxygen atoms in total. The number of aryl methyl sites for hydroxylation is 1. The number of aliphatic hydroxyl groups excluding tert-OH is 1. The number of thiophene rings is 1. The Morgan fingerprint density at radius 3 is 2.41 bits per heavy atom. The van der Waals surface area contributed by atoms with Gasteiger partial charge >= 0.3 is 0 Å². The summed E-state index contributed by atoms with van der Waals surface area (Å²) in [6.07, 6.45) is -0.652. The summed E-state index contributed by atoms with van der Waals surface area (Å²) in [5, 5.41) is 44.7. The van der Waals surface area contributed by atoms with Gasteiger partial charge in [-0.25, -0.2) is 10.5 Å². The summed E-state index contributed by atoms with van der Waals surface area (Å²) in [4.78, 5) is 29.5. The Morgan fingerprint density at radius 2 is 1.86 bits per heavy atom. The molecule has 5 N–H and O–H groups in total. The Morgan fingerprint density at radius 1 is 1.19 bits per heavy atom. The molecule has 2 amide bonds. The molecule has 1 heterocycles. The maximum Gasteiger partial charge on any atom is 0.272 e. The number of ether oxygens (including phenoxy) is 1. The van der Waals surface area contributed by atoms with E-state index >= 15 is 0 Å². The standard InChI is InChI=1S/C26H36N4O6S/c1-5-36-17-13-11-16(12-14-17)8-6-9-18(20(31)25(34)30-35)23(32)28-21(26(2,3)4)22(27)29-24(33)19-10-7-15-37-19/h7,10-15,18,20-21,31,35H,5-6,8-9H2,1-4H3,(H,28,32)(H,30,34)(H2,27,29,33)/p-1/t18-,20+,21-/m1/s1. The van der Waals surface area contributed by atoms with Crippen LogP contribution in [0.3, 0.4) is 0 Å². The molecule has 2 rings (SSSR count). The highest BCUT2D eigenvalue weighted by Crippen LogP contribution is 2.24. The van der Waals surface area contributed by atoms with Crippen LogP contribution in [0, 0.1) is 16.7 Å². The van der Waals surface area contributed by atoms with E-state index in [9.17, 15) is 19.8 Å². The Bertz CT molecular complexity index is 1060. The van der Waals surface area contributed by atoms with Crippen LogP contribution in [0.15, 0.2) is 46.8 Å². The van der Waals surface area contributed by atoms with Gasteiger partial charge in [0.2, 0.25) is 5.91 Å². The molecule has 0 saturated heterocycles. The molecule has 0 spiro atoms. The molecule has 0 saturated carbocycles. The molecule has 0 bridgehead atoms. The number of carbonyl (C=O) groups excluding carboxylic acids is 2. The zero-order valence-corrected chi connectivity index (χ0v) is 22.3. The van der Waals surface area contributed by atoms with Crippen molar-refractivity contribution in [3.63, 3.8) is 0 Å². The third-order valence-electron chi connectivity index (χ3n) is 5.69. The highest BCUT2D eigenvalue weighted by atomic mass is 32.1. The second-order valence-electron chi connectivity index (χ2n) is 9.58. The van der Waals surface area contributed by atoms with Crippen molar-refractivity contribution in [3.8, 4) is 5.75 Å². The van der Waals surface area contributed by atoms with E-state index in [0.29, 0.717) is 24.3 Å². The number of nitrogens with zero attached hydrogens (tertiary/aromatic N) is 1. The molecule has 2 aromatic rings. The van der Waals surface area contributed by atoms with Gasteiger partial charge in [-0.05, 0) is 60.7 Å². The van der Waals surface area contributed by atoms with Crippen LogP contribution in [0.2, 0.25) is 0 Å². The van der Waals surface area contributed by atoms with Crippen LogP contribution < -0.4 is 20.6 Å². The number of hydrogen-bond donors (Lipinski definition) is 5. The predicted octanol–water partition coefficient (Wildman–Crippen LogP) is 2.27. The molecule has 0 unspecified atom stereocenters. The molecule has 202 valence electrons. The Kier molecular flexibility index (Phi) is 11.2. The second kappa shape index (κ2) is 13.9. The van der Waals surface area contributed by atoms with E-state index in [0.717, 1.165) is 11.3 Å². The summed E-state index contributed by atoms with van der Waals surface area (Å²) in [5.74, 6) is -3.19. The van der Waals surface area contributed by atoms with E-state index in [2.05, 4.69) is 10.3 Å². The normalized spacial score (nSPS) is 14.4. The minimum Gasteiger partial charge on any atom is -0.858 e. The molecule has 0 aliphatic rings. The molecule has 0 aliphatic heterocycles. The van der Waals surface area contributed by atoms with Crippen molar-refractivity contribution in [3.05, 3.63) is 52.2 Å². The van der Waals surface area contributed by atoms with Gasteiger partial charge in [-0.2, -0.15) is 0 Å². The number of nitrogens with one attached hydrogen (secondary N) is 3. The average molecular weight is 532 g/mol. The summed E-state index contributed by atoms with van der Waals surface area (Å²) in [6.45, 7) is 7.78. The summed E-state index contributed by atoms with van der Waals surface area (Å²) in [7, 11) is 0. The SMILES string of the molecule is CCOc1ccc(CCC[C@@H](C(=O)N[C@H](C(=N)N=C([O-])c2cccs2)C(C)(C)C)[C@H](O)C(=O)NO)cc1. The second-order valence-corrected chi connectivity index (χ2v) is 10.5. The summed E-state index contributed by atoms with van der Waals surface area (Å²) in [5.41, 5.74) is 1.67. The maximum absolute atomic E-state index is 13.3. The van der Waals surface area contributed by atoms with Crippen LogP contribution in [0.25, 0.3) is 0 Å². The number of aliphatic imine (C=N–C) groups is 1. The topological polar surface area (TPSA) is 167 Å². The lowest BCUT2D eigenvalue weighted by atomic mass is 9.84.